The Morgan fingerprint density at radius 3 is 2.52 bits per heavy atom. The van der Waals surface area contributed by atoms with Gasteiger partial charge in [-0.15, -0.1) is 0 Å². The maximum atomic E-state index is 11.9. The second-order valence-electron chi connectivity index (χ2n) is 5.24. The molecule has 1 atom stereocenters. The van der Waals surface area contributed by atoms with Gasteiger partial charge in [-0.3, -0.25) is 15.6 Å². The van der Waals surface area contributed by atoms with Crippen molar-refractivity contribution in [1.82, 2.24) is 16.1 Å². The minimum atomic E-state index is -1.80. The van der Waals surface area contributed by atoms with Gasteiger partial charge in [0.2, 0.25) is 9.70 Å². The zero-order chi connectivity index (χ0) is 18.9. The lowest BCUT2D eigenvalue weighted by Gasteiger charge is -2.28. The Morgan fingerprint density at radius 1 is 1.24 bits per heavy atom. The summed E-state index contributed by atoms with van der Waals surface area (Å²) in [5.41, 5.74) is 5.79. The molecule has 10 heteroatoms. The molecule has 0 spiro atoms. The van der Waals surface area contributed by atoms with Crippen LogP contribution in [0.4, 0.5) is 5.69 Å². The van der Waals surface area contributed by atoms with Gasteiger partial charge in [-0.1, -0.05) is 66.7 Å². The Labute approximate surface area is 167 Å². The molecule has 0 aliphatic rings. The van der Waals surface area contributed by atoms with E-state index in [1.165, 1.54) is 6.07 Å². The maximum absolute atomic E-state index is 11.9. The molecular weight excluding hydrogens is 407 g/mol. The number of hydrogen-bond donors (Lipinski definition) is 5. The highest BCUT2D eigenvalue weighted by molar-refractivity contribution is 7.80. The fourth-order valence-electron chi connectivity index (χ4n) is 1.84. The Balaban J connectivity index is 2.55. The molecule has 0 bridgehead atoms. The largest absolute Gasteiger partial charge is 0.506 e. The van der Waals surface area contributed by atoms with Crippen LogP contribution in [-0.4, -0.2) is 26.1 Å². The van der Waals surface area contributed by atoms with E-state index < -0.39 is 9.96 Å². The Bertz CT molecular complexity index is 584. The van der Waals surface area contributed by atoms with Crippen LogP contribution in [0.25, 0.3) is 0 Å². The first-order valence-electron chi connectivity index (χ1n) is 7.70. The molecule has 0 aliphatic carbocycles. The van der Waals surface area contributed by atoms with E-state index in [1.54, 1.807) is 18.2 Å². The molecular formula is C15H21Cl3N4O2S. The van der Waals surface area contributed by atoms with E-state index in [2.05, 4.69) is 21.5 Å². The zero-order valence-corrected chi connectivity index (χ0v) is 16.7. The summed E-state index contributed by atoms with van der Waals surface area (Å²) in [4.78, 5) is 11.9. The number of phenols is 1. The van der Waals surface area contributed by atoms with Crippen molar-refractivity contribution in [3.8, 4) is 5.75 Å². The zero-order valence-electron chi connectivity index (χ0n) is 13.6. The molecule has 1 aromatic carbocycles. The smallest absolute Gasteiger partial charge is 0.228 e. The lowest BCUT2D eigenvalue weighted by molar-refractivity contribution is -0.122. The van der Waals surface area contributed by atoms with Crippen LogP contribution in [0.15, 0.2) is 24.3 Å². The molecule has 6 nitrogen and oxygen atoms in total. The molecule has 0 unspecified atom stereocenters. The highest BCUT2D eigenvalue weighted by Gasteiger charge is 2.34. The summed E-state index contributed by atoms with van der Waals surface area (Å²) >= 11 is 22.8. The van der Waals surface area contributed by atoms with Crippen LogP contribution in [0.3, 0.4) is 0 Å². The number of halogens is 3. The first kappa shape index (κ1) is 21.9. The first-order valence-corrected chi connectivity index (χ1v) is 9.24. The van der Waals surface area contributed by atoms with E-state index in [9.17, 15) is 9.90 Å². The van der Waals surface area contributed by atoms with Gasteiger partial charge >= 0.3 is 0 Å². The molecule has 0 aliphatic heterocycles. The number of nitrogens with one attached hydrogen (secondary N) is 4. The third kappa shape index (κ3) is 8.67. The number of benzene rings is 1. The second kappa shape index (κ2) is 10.8. The maximum Gasteiger partial charge on any atom is 0.228 e. The summed E-state index contributed by atoms with van der Waals surface area (Å²) in [5, 5.41) is 15.1. The minimum absolute atomic E-state index is 0.0416. The number of carbonyl (C=O) groups excluding carboxylic acids is 1. The van der Waals surface area contributed by atoms with Crippen molar-refractivity contribution in [3.63, 3.8) is 0 Å². The topological polar surface area (TPSA) is 85.4 Å². The van der Waals surface area contributed by atoms with E-state index >= 15 is 0 Å². The summed E-state index contributed by atoms with van der Waals surface area (Å²) in [6.45, 7) is 2.05. The number of alkyl halides is 3. The lowest BCUT2D eigenvalue weighted by Crippen LogP contribution is -2.57. The highest BCUT2D eigenvalue weighted by atomic mass is 35.6. The van der Waals surface area contributed by atoms with Gasteiger partial charge in [-0.25, -0.2) is 0 Å². The quantitative estimate of drug-likeness (QED) is 0.109. The Morgan fingerprint density at radius 2 is 1.92 bits per heavy atom. The molecule has 0 radical (unpaired) electrons. The van der Waals surface area contributed by atoms with Crippen LogP contribution in [-0.2, 0) is 4.79 Å². The predicted molar refractivity (Wildman–Crippen MR) is 107 cm³/mol. The lowest BCUT2D eigenvalue weighted by atomic mass is 10.2. The molecule has 1 aromatic rings. The number of hydrogen-bond acceptors (Lipinski definition) is 4. The fourth-order valence-corrected chi connectivity index (χ4v) is 2.34. The number of unbranched alkanes of at least 4 members (excludes halogenated alkanes) is 2. The van der Waals surface area contributed by atoms with Crippen LogP contribution in [0.2, 0.25) is 0 Å². The average molecular weight is 428 g/mol. The normalized spacial score (nSPS) is 12.2. The number of rotatable bonds is 8. The van der Waals surface area contributed by atoms with Gasteiger partial charge in [0.15, 0.2) is 5.11 Å². The van der Waals surface area contributed by atoms with E-state index in [4.69, 9.17) is 47.0 Å². The molecule has 0 saturated heterocycles. The van der Waals surface area contributed by atoms with Gasteiger partial charge in [0.1, 0.15) is 11.9 Å². The second-order valence-corrected chi connectivity index (χ2v) is 8.02. The van der Waals surface area contributed by atoms with Crippen molar-refractivity contribution in [2.45, 2.75) is 42.6 Å². The van der Waals surface area contributed by atoms with Crippen LogP contribution < -0.4 is 21.5 Å². The molecule has 0 heterocycles. The van der Waals surface area contributed by atoms with E-state index in [0.717, 1.165) is 19.3 Å². The highest BCUT2D eigenvalue weighted by Crippen LogP contribution is 2.29. The van der Waals surface area contributed by atoms with Crippen molar-refractivity contribution >= 4 is 63.7 Å². The van der Waals surface area contributed by atoms with Gasteiger partial charge in [-0.05, 0) is 30.8 Å². The molecule has 0 saturated carbocycles. The summed E-state index contributed by atoms with van der Waals surface area (Å²) < 4.78 is -1.80. The standard InChI is InChI=1S/C15H21Cl3N4O2S/c1-2-3-4-9-12(24)19-13(15(16,17)18)20-14(25)22-21-10-7-5-6-8-11(10)23/h5-8,13,21,23H,2-4,9H2,1H3,(H,19,24)(H2,20,22,25)/t13-/m1/s1. The SMILES string of the molecule is CCCCCC(=O)N[C@H](NC(=S)NNc1ccccc1O)C(Cl)(Cl)Cl. The number of carbonyl (C=O) groups is 1. The van der Waals surface area contributed by atoms with Gasteiger partial charge in [0, 0.05) is 6.42 Å². The molecule has 25 heavy (non-hydrogen) atoms. The number of para-hydroxylation sites is 2. The van der Waals surface area contributed by atoms with Crippen molar-refractivity contribution < 1.29 is 9.90 Å². The van der Waals surface area contributed by atoms with Gasteiger partial charge in [0.05, 0.1) is 5.69 Å². The summed E-state index contributed by atoms with van der Waals surface area (Å²) in [5.74, 6) is -0.200. The summed E-state index contributed by atoms with van der Waals surface area (Å²) in [6, 6.07) is 6.58. The Kier molecular flexibility index (Phi) is 9.42. The van der Waals surface area contributed by atoms with Gasteiger partial charge < -0.3 is 15.7 Å². The molecule has 0 aromatic heterocycles. The number of aromatic hydroxyl groups is 1. The summed E-state index contributed by atoms with van der Waals surface area (Å²) in [6.07, 6.45) is 2.03. The molecule has 1 rings (SSSR count). The van der Waals surface area contributed by atoms with Crippen molar-refractivity contribution in [1.29, 1.82) is 0 Å². The monoisotopic (exact) mass is 426 g/mol. The summed E-state index contributed by atoms with van der Waals surface area (Å²) in [7, 11) is 0. The first-order chi connectivity index (χ1) is 11.7. The van der Waals surface area contributed by atoms with Crippen LogP contribution in [0.5, 0.6) is 5.75 Å². The minimum Gasteiger partial charge on any atom is -0.506 e. The fraction of sp³-hybridized carbons (Fsp3) is 0.467. The number of amides is 1. The van der Waals surface area contributed by atoms with Crippen LogP contribution in [0.1, 0.15) is 32.6 Å². The Hall–Kier alpha value is -1.15. The van der Waals surface area contributed by atoms with E-state index in [-0.39, 0.29) is 16.8 Å². The third-order valence-corrected chi connectivity index (χ3v) is 4.00. The van der Waals surface area contributed by atoms with E-state index in [1.807, 2.05) is 6.92 Å². The van der Waals surface area contributed by atoms with Crippen molar-refractivity contribution in [3.05, 3.63) is 24.3 Å². The molecule has 140 valence electrons. The molecule has 1 amide bonds. The number of thiocarbonyl (C=S) groups is 1. The van der Waals surface area contributed by atoms with Gasteiger partial charge in [0.25, 0.3) is 0 Å². The molecule has 5 N–H and O–H groups in total. The number of phenolic OH excluding ortho intramolecular Hbond substituents is 1. The molecule has 0 fully saturated rings. The number of anilines is 1. The third-order valence-electron chi connectivity index (χ3n) is 3.13. The predicted octanol–water partition coefficient (Wildman–Crippen LogP) is 3.58. The average Bonchev–Trinajstić information content (AvgIpc) is 2.53. The van der Waals surface area contributed by atoms with Crippen LogP contribution in [0, 0.1) is 0 Å². The van der Waals surface area contributed by atoms with Crippen molar-refractivity contribution in [2.24, 2.45) is 0 Å². The number of hydrazine groups is 1. The van der Waals surface area contributed by atoms with E-state index in [0.29, 0.717) is 12.1 Å². The van der Waals surface area contributed by atoms with Crippen molar-refractivity contribution in [2.75, 3.05) is 5.43 Å². The van der Waals surface area contributed by atoms with Crippen LogP contribution >= 0.6 is 47.0 Å². The van der Waals surface area contributed by atoms with Gasteiger partial charge in [-0.2, -0.15) is 0 Å².